The van der Waals surface area contributed by atoms with Gasteiger partial charge in [0.15, 0.2) is 6.61 Å². The van der Waals surface area contributed by atoms with Gasteiger partial charge in [-0.1, -0.05) is 0 Å². The van der Waals surface area contributed by atoms with E-state index in [9.17, 15) is 4.79 Å². The van der Waals surface area contributed by atoms with Gasteiger partial charge in [0.25, 0.3) is 0 Å². The van der Waals surface area contributed by atoms with Gasteiger partial charge in [-0.15, -0.1) is 0 Å². The number of benzene rings is 1. The SMILES string of the molecule is COC(=O)N(C)c1ccc(OCc2ncc(C)o2)cc1. The van der Waals surface area contributed by atoms with E-state index in [1.807, 2.05) is 6.92 Å². The lowest BCUT2D eigenvalue weighted by Crippen LogP contribution is -2.25. The highest BCUT2D eigenvalue weighted by Gasteiger charge is 2.10. The third kappa shape index (κ3) is 3.28. The van der Waals surface area contributed by atoms with Crippen molar-refractivity contribution in [1.82, 2.24) is 4.98 Å². The average molecular weight is 276 g/mol. The second-order valence-corrected chi connectivity index (χ2v) is 4.18. The van der Waals surface area contributed by atoms with Gasteiger partial charge in [0.05, 0.1) is 13.3 Å². The molecule has 1 aromatic carbocycles. The zero-order chi connectivity index (χ0) is 14.5. The number of carbonyl (C=O) groups is 1. The number of aryl methyl sites for hydroxylation is 1. The van der Waals surface area contributed by atoms with E-state index in [0.29, 0.717) is 11.6 Å². The molecule has 2 aromatic rings. The summed E-state index contributed by atoms with van der Waals surface area (Å²) >= 11 is 0. The zero-order valence-electron chi connectivity index (χ0n) is 11.6. The summed E-state index contributed by atoms with van der Waals surface area (Å²) < 4.78 is 15.5. The van der Waals surface area contributed by atoms with E-state index < -0.39 is 6.09 Å². The van der Waals surface area contributed by atoms with Gasteiger partial charge in [0.1, 0.15) is 11.5 Å². The van der Waals surface area contributed by atoms with Crippen LogP contribution in [0.2, 0.25) is 0 Å². The van der Waals surface area contributed by atoms with E-state index in [1.54, 1.807) is 37.5 Å². The van der Waals surface area contributed by atoms with Crippen molar-refractivity contribution in [3.63, 3.8) is 0 Å². The van der Waals surface area contributed by atoms with E-state index in [1.165, 1.54) is 12.0 Å². The van der Waals surface area contributed by atoms with Gasteiger partial charge in [0, 0.05) is 12.7 Å². The van der Waals surface area contributed by atoms with Crippen molar-refractivity contribution in [1.29, 1.82) is 0 Å². The lowest BCUT2D eigenvalue weighted by Gasteiger charge is -2.15. The first-order chi connectivity index (χ1) is 9.60. The number of rotatable bonds is 4. The molecule has 0 fully saturated rings. The summed E-state index contributed by atoms with van der Waals surface area (Å²) in [5, 5.41) is 0. The van der Waals surface area contributed by atoms with Crippen LogP contribution < -0.4 is 9.64 Å². The number of oxazole rings is 1. The van der Waals surface area contributed by atoms with Gasteiger partial charge >= 0.3 is 6.09 Å². The predicted molar refractivity (Wildman–Crippen MR) is 72.8 cm³/mol. The van der Waals surface area contributed by atoms with Gasteiger partial charge in [0.2, 0.25) is 5.89 Å². The van der Waals surface area contributed by atoms with Crippen molar-refractivity contribution in [3.05, 3.63) is 42.1 Å². The maximum absolute atomic E-state index is 11.4. The third-order valence-corrected chi connectivity index (χ3v) is 2.70. The number of hydrogen-bond acceptors (Lipinski definition) is 5. The first kappa shape index (κ1) is 13.9. The Morgan fingerprint density at radius 1 is 1.35 bits per heavy atom. The first-order valence-electron chi connectivity index (χ1n) is 6.06. The van der Waals surface area contributed by atoms with Crippen LogP contribution in [0.4, 0.5) is 10.5 Å². The second-order valence-electron chi connectivity index (χ2n) is 4.18. The topological polar surface area (TPSA) is 64.8 Å². The smallest absolute Gasteiger partial charge is 0.413 e. The lowest BCUT2D eigenvalue weighted by atomic mass is 10.3. The molecule has 6 heteroatoms. The highest BCUT2D eigenvalue weighted by atomic mass is 16.5. The normalized spacial score (nSPS) is 10.2. The van der Waals surface area contributed by atoms with Crippen LogP contribution in [0.25, 0.3) is 0 Å². The number of hydrogen-bond donors (Lipinski definition) is 0. The summed E-state index contributed by atoms with van der Waals surface area (Å²) in [6, 6.07) is 7.08. The molecule has 0 spiro atoms. The number of methoxy groups -OCH3 is 1. The summed E-state index contributed by atoms with van der Waals surface area (Å²) in [6.07, 6.45) is 1.22. The molecule has 0 aliphatic rings. The Morgan fingerprint density at radius 3 is 2.60 bits per heavy atom. The Bertz CT molecular complexity index is 577. The molecule has 0 radical (unpaired) electrons. The van der Waals surface area contributed by atoms with Crippen LogP contribution in [-0.4, -0.2) is 25.2 Å². The van der Waals surface area contributed by atoms with E-state index in [0.717, 1.165) is 11.4 Å². The molecule has 6 nitrogen and oxygen atoms in total. The molecule has 0 N–H and O–H groups in total. The highest BCUT2D eigenvalue weighted by molar-refractivity contribution is 5.86. The monoisotopic (exact) mass is 276 g/mol. The molecule has 1 aromatic heterocycles. The van der Waals surface area contributed by atoms with Gasteiger partial charge in [-0.25, -0.2) is 9.78 Å². The Morgan fingerprint density at radius 2 is 2.05 bits per heavy atom. The molecule has 0 saturated carbocycles. The summed E-state index contributed by atoms with van der Waals surface area (Å²) in [5.41, 5.74) is 0.719. The van der Waals surface area contributed by atoms with Gasteiger partial charge < -0.3 is 13.9 Å². The maximum atomic E-state index is 11.4. The summed E-state index contributed by atoms with van der Waals surface area (Å²) in [6.45, 7) is 2.09. The Labute approximate surface area is 116 Å². The van der Waals surface area contributed by atoms with Crippen LogP contribution in [0.5, 0.6) is 5.75 Å². The van der Waals surface area contributed by atoms with Crippen LogP contribution in [0.1, 0.15) is 11.7 Å². The van der Waals surface area contributed by atoms with Crippen LogP contribution >= 0.6 is 0 Å². The van der Waals surface area contributed by atoms with Crippen molar-refractivity contribution in [2.24, 2.45) is 0 Å². The molecule has 1 amide bonds. The second kappa shape index (κ2) is 6.10. The van der Waals surface area contributed by atoms with Crippen LogP contribution in [-0.2, 0) is 11.3 Å². The fourth-order valence-corrected chi connectivity index (χ4v) is 1.62. The number of amides is 1. The molecule has 0 saturated heterocycles. The highest BCUT2D eigenvalue weighted by Crippen LogP contribution is 2.19. The molecule has 106 valence electrons. The Balaban J connectivity index is 1.96. The van der Waals surface area contributed by atoms with Crippen molar-refractivity contribution < 1.29 is 18.7 Å². The number of carbonyl (C=O) groups excluding carboxylic acids is 1. The fraction of sp³-hybridized carbons (Fsp3) is 0.286. The molecule has 20 heavy (non-hydrogen) atoms. The van der Waals surface area contributed by atoms with Gasteiger partial charge in [-0.05, 0) is 31.2 Å². The summed E-state index contributed by atoms with van der Waals surface area (Å²) in [4.78, 5) is 16.8. The average Bonchev–Trinajstić information content (AvgIpc) is 2.89. The summed E-state index contributed by atoms with van der Waals surface area (Å²) in [7, 11) is 2.98. The third-order valence-electron chi connectivity index (χ3n) is 2.70. The maximum Gasteiger partial charge on any atom is 0.413 e. The molecule has 0 unspecified atom stereocenters. The van der Waals surface area contributed by atoms with Crippen molar-refractivity contribution in [3.8, 4) is 5.75 Å². The zero-order valence-corrected chi connectivity index (χ0v) is 11.6. The van der Waals surface area contributed by atoms with Crippen LogP contribution in [0.15, 0.2) is 34.9 Å². The van der Waals surface area contributed by atoms with Crippen molar-refractivity contribution in [2.45, 2.75) is 13.5 Å². The molecule has 0 atom stereocenters. The molecular formula is C14H16N2O4. The van der Waals surface area contributed by atoms with Crippen molar-refractivity contribution >= 4 is 11.8 Å². The number of nitrogens with zero attached hydrogens (tertiary/aromatic N) is 2. The molecule has 2 rings (SSSR count). The Hall–Kier alpha value is -2.50. The van der Waals surface area contributed by atoms with Crippen LogP contribution in [0, 0.1) is 6.92 Å². The quantitative estimate of drug-likeness (QED) is 0.859. The molecular weight excluding hydrogens is 260 g/mol. The lowest BCUT2D eigenvalue weighted by molar-refractivity contribution is 0.180. The summed E-state index contributed by atoms with van der Waals surface area (Å²) in [5.74, 6) is 1.94. The number of ether oxygens (including phenoxy) is 2. The van der Waals surface area contributed by atoms with E-state index >= 15 is 0 Å². The predicted octanol–water partition coefficient (Wildman–Crippen LogP) is 2.76. The Kier molecular flexibility index (Phi) is 4.24. The first-order valence-corrected chi connectivity index (χ1v) is 6.06. The molecule has 0 bridgehead atoms. The fourth-order valence-electron chi connectivity index (χ4n) is 1.62. The minimum Gasteiger partial charge on any atom is -0.484 e. The molecule has 0 aliphatic heterocycles. The van der Waals surface area contributed by atoms with E-state index in [-0.39, 0.29) is 6.61 Å². The van der Waals surface area contributed by atoms with Gasteiger partial charge in [-0.3, -0.25) is 4.90 Å². The minimum atomic E-state index is -0.422. The van der Waals surface area contributed by atoms with E-state index in [2.05, 4.69) is 9.72 Å². The molecule has 1 heterocycles. The van der Waals surface area contributed by atoms with Gasteiger partial charge in [-0.2, -0.15) is 0 Å². The van der Waals surface area contributed by atoms with Crippen LogP contribution in [0.3, 0.4) is 0 Å². The molecule has 0 aliphatic carbocycles. The number of anilines is 1. The standard InChI is InChI=1S/C14H16N2O4/c1-10-8-15-13(20-10)9-19-12-6-4-11(5-7-12)16(2)14(17)18-3/h4-8H,9H2,1-3H3. The van der Waals surface area contributed by atoms with Crippen molar-refractivity contribution in [2.75, 3.05) is 19.1 Å². The van der Waals surface area contributed by atoms with E-state index in [4.69, 9.17) is 9.15 Å². The number of aromatic nitrogens is 1. The largest absolute Gasteiger partial charge is 0.484 e. The minimum absolute atomic E-state index is 0.264.